The monoisotopic (exact) mass is 334 g/mol. The molecule has 0 amide bonds. The molecule has 0 radical (unpaired) electrons. The van der Waals surface area contributed by atoms with Crippen LogP contribution in [0.5, 0.6) is 11.5 Å². The molecule has 0 saturated carbocycles. The Labute approximate surface area is 145 Å². The zero-order valence-corrected chi connectivity index (χ0v) is 15.2. The van der Waals surface area contributed by atoms with Crippen LogP contribution in [0.2, 0.25) is 0 Å². The summed E-state index contributed by atoms with van der Waals surface area (Å²) in [5.41, 5.74) is 2.13. The van der Waals surface area contributed by atoms with Crippen LogP contribution in [0.25, 0.3) is 0 Å². The number of hydrogen-bond donors (Lipinski definition) is 2. The Bertz CT molecular complexity index is 563. The normalized spacial score (nSPS) is 14.3. The van der Waals surface area contributed by atoms with Gasteiger partial charge in [0.15, 0.2) is 17.3 Å². The quantitative estimate of drug-likeness (QED) is 0.634. The number of aromatic hydroxyl groups is 1. The smallest absolute Gasteiger partial charge is 0.161 e. The third-order valence-electron chi connectivity index (χ3n) is 4.30. The van der Waals surface area contributed by atoms with Crippen molar-refractivity contribution < 1.29 is 19.7 Å². The van der Waals surface area contributed by atoms with Crippen molar-refractivity contribution in [3.63, 3.8) is 0 Å². The van der Waals surface area contributed by atoms with Gasteiger partial charge in [-0.3, -0.25) is 4.79 Å². The Balaban J connectivity index is 2.49. The van der Waals surface area contributed by atoms with Crippen molar-refractivity contribution >= 4 is 5.78 Å². The molecule has 134 valence electrons. The number of carbonyl (C=O) groups excluding carboxylic acids is 1. The number of phenolic OH excluding ortho intramolecular Hbond substituents is 1. The molecule has 0 spiro atoms. The largest absolute Gasteiger partial charge is 0.504 e. The molecule has 0 fully saturated rings. The molecule has 1 rings (SSSR count). The standard InChI is InChI=1S/C20H30O4/c1-5-14(2)7-6-8-15(3)11-18(22)19(23)12-16-9-10-17(21)20(13-16)24-4/h7,9-10,13,15,19,21,23H,5-6,8,11-12H2,1-4H3/b14-7+/t15-,19?/m0/s1. The topological polar surface area (TPSA) is 66.8 Å². The molecule has 4 heteroatoms. The van der Waals surface area contributed by atoms with Crippen molar-refractivity contribution in [2.75, 3.05) is 7.11 Å². The van der Waals surface area contributed by atoms with E-state index in [-0.39, 0.29) is 23.9 Å². The molecule has 2 N–H and O–H groups in total. The van der Waals surface area contributed by atoms with Crippen molar-refractivity contribution in [1.29, 1.82) is 0 Å². The Morgan fingerprint density at radius 3 is 2.71 bits per heavy atom. The Morgan fingerprint density at radius 1 is 1.38 bits per heavy atom. The first-order valence-electron chi connectivity index (χ1n) is 8.59. The second-order valence-electron chi connectivity index (χ2n) is 6.48. The van der Waals surface area contributed by atoms with E-state index in [4.69, 9.17) is 4.74 Å². The Morgan fingerprint density at radius 2 is 2.08 bits per heavy atom. The van der Waals surface area contributed by atoms with Crippen LogP contribution >= 0.6 is 0 Å². The third-order valence-corrected chi connectivity index (χ3v) is 4.30. The van der Waals surface area contributed by atoms with Gasteiger partial charge in [-0.2, -0.15) is 0 Å². The summed E-state index contributed by atoms with van der Waals surface area (Å²) in [6, 6.07) is 4.85. The number of rotatable bonds is 10. The van der Waals surface area contributed by atoms with Crippen LogP contribution in [0.15, 0.2) is 29.8 Å². The highest BCUT2D eigenvalue weighted by Gasteiger charge is 2.18. The van der Waals surface area contributed by atoms with Crippen molar-refractivity contribution in [2.24, 2.45) is 5.92 Å². The molecule has 0 saturated heterocycles. The number of ketones is 1. The molecule has 0 aliphatic carbocycles. The summed E-state index contributed by atoms with van der Waals surface area (Å²) in [5, 5.41) is 19.7. The van der Waals surface area contributed by atoms with E-state index in [1.807, 2.05) is 6.92 Å². The van der Waals surface area contributed by atoms with Gasteiger partial charge in [0.2, 0.25) is 0 Å². The second-order valence-corrected chi connectivity index (χ2v) is 6.48. The number of carbonyl (C=O) groups is 1. The molecular weight excluding hydrogens is 304 g/mol. The van der Waals surface area contributed by atoms with Gasteiger partial charge in [0.25, 0.3) is 0 Å². The van der Waals surface area contributed by atoms with Gasteiger partial charge in [-0.1, -0.05) is 31.6 Å². The van der Waals surface area contributed by atoms with Crippen LogP contribution < -0.4 is 4.74 Å². The molecule has 24 heavy (non-hydrogen) atoms. The minimum absolute atomic E-state index is 0.0473. The van der Waals surface area contributed by atoms with E-state index in [2.05, 4.69) is 19.9 Å². The average Bonchev–Trinajstić information content (AvgIpc) is 2.56. The van der Waals surface area contributed by atoms with Gasteiger partial charge >= 0.3 is 0 Å². The summed E-state index contributed by atoms with van der Waals surface area (Å²) in [5.74, 6) is 0.512. The van der Waals surface area contributed by atoms with Crippen LogP contribution in [0, 0.1) is 5.92 Å². The number of aliphatic hydroxyl groups excluding tert-OH is 1. The van der Waals surface area contributed by atoms with Gasteiger partial charge in [0.1, 0.15) is 6.10 Å². The Hall–Kier alpha value is -1.81. The fraction of sp³-hybridized carbons (Fsp3) is 0.550. The van der Waals surface area contributed by atoms with Crippen LogP contribution in [-0.4, -0.2) is 29.2 Å². The number of phenols is 1. The zero-order chi connectivity index (χ0) is 18.1. The Kier molecular flexibility index (Phi) is 8.55. The van der Waals surface area contributed by atoms with Gasteiger partial charge in [0, 0.05) is 12.8 Å². The number of methoxy groups -OCH3 is 1. The maximum absolute atomic E-state index is 12.2. The summed E-state index contributed by atoms with van der Waals surface area (Å²) >= 11 is 0. The van der Waals surface area contributed by atoms with E-state index in [0.717, 1.165) is 24.8 Å². The van der Waals surface area contributed by atoms with Crippen molar-refractivity contribution in [2.45, 2.75) is 59.0 Å². The fourth-order valence-electron chi connectivity index (χ4n) is 2.53. The van der Waals surface area contributed by atoms with E-state index < -0.39 is 6.10 Å². The van der Waals surface area contributed by atoms with E-state index >= 15 is 0 Å². The van der Waals surface area contributed by atoms with Gasteiger partial charge in [-0.15, -0.1) is 0 Å². The molecule has 0 aliphatic heterocycles. The fourth-order valence-corrected chi connectivity index (χ4v) is 2.53. The molecule has 0 aliphatic rings. The highest BCUT2D eigenvalue weighted by molar-refractivity contribution is 5.83. The average molecular weight is 334 g/mol. The first-order valence-corrected chi connectivity index (χ1v) is 8.59. The number of ether oxygens (including phenoxy) is 1. The molecular formula is C20H30O4. The van der Waals surface area contributed by atoms with Gasteiger partial charge in [0.05, 0.1) is 7.11 Å². The van der Waals surface area contributed by atoms with Gasteiger partial charge in [-0.05, 0) is 49.8 Å². The number of Topliss-reactive ketones (excluding diaryl/α,β-unsaturated/α-hetero) is 1. The lowest BCUT2D eigenvalue weighted by Crippen LogP contribution is -2.24. The van der Waals surface area contributed by atoms with Crippen LogP contribution in [-0.2, 0) is 11.2 Å². The summed E-state index contributed by atoms with van der Waals surface area (Å²) in [7, 11) is 1.47. The van der Waals surface area contributed by atoms with Crippen molar-refractivity contribution in [3.05, 3.63) is 35.4 Å². The number of aliphatic hydroxyl groups is 1. The van der Waals surface area contributed by atoms with Gasteiger partial charge in [-0.25, -0.2) is 0 Å². The van der Waals surface area contributed by atoms with E-state index in [9.17, 15) is 15.0 Å². The molecule has 1 aromatic carbocycles. The molecule has 2 atom stereocenters. The summed E-state index contributed by atoms with van der Waals surface area (Å²) in [6.07, 6.45) is 4.80. The first kappa shape index (κ1) is 20.2. The van der Waals surface area contributed by atoms with E-state index in [1.165, 1.54) is 18.7 Å². The maximum Gasteiger partial charge on any atom is 0.161 e. The van der Waals surface area contributed by atoms with Crippen molar-refractivity contribution in [1.82, 2.24) is 0 Å². The maximum atomic E-state index is 12.2. The van der Waals surface area contributed by atoms with E-state index in [1.54, 1.807) is 12.1 Å². The molecule has 0 heterocycles. The summed E-state index contributed by atoms with van der Waals surface area (Å²) in [6.45, 7) is 6.29. The lowest BCUT2D eigenvalue weighted by atomic mass is 9.94. The number of allylic oxidation sites excluding steroid dienone is 2. The van der Waals surface area contributed by atoms with Crippen LogP contribution in [0.1, 0.15) is 52.0 Å². The third kappa shape index (κ3) is 6.75. The molecule has 1 aromatic rings. The molecule has 0 bridgehead atoms. The molecule has 1 unspecified atom stereocenters. The number of benzene rings is 1. The highest BCUT2D eigenvalue weighted by Crippen LogP contribution is 2.27. The lowest BCUT2D eigenvalue weighted by Gasteiger charge is -2.14. The minimum Gasteiger partial charge on any atom is -0.504 e. The van der Waals surface area contributed by atoms with Crippen LogP contribution in [0.4, 0.5) is 0 Å². The molecule has 0 aromatic heterocycles. The van der Waals surface area contributed by atoms with Crippen molar-refractivity contribution in [3.8, 4) is 11.5 Å². The minimum atomic E-state index is -1.02. The zero-order valence-electron chi connectivity index (χ0n) is 15.2. The lowest BCUT2D eigenvalue weighted by molar-refractivity contribution is -0.127. The highest BCUT2D eigenvalue weighted by atomic mass is 16.5. The number of hydrogen-bond acceptors (Lipinski definition) is 4. The predicted octanol–water partition coefficient (Wildman–Crippen LogP) is 4.04. The van der Waals surface area contributed by atoms with Crippen LogP contribution in [0.3, 0.4) is 0 Å². The molecule has 4 nitrogen and oxygen atoms in total. The summed E-state index contributed by atoms with van der Waals surface area (Å²) < 4.78 is 5.04. The van der Waals surface area contributed by atoms with E-state index in [0.29, 0.717) is 12.2 Å². The SMILES string of the molecule is CC/C(C)=C/CC[C@H](C)CC(=O)C(O)Cc1ccc(O)c(OC)c1. The first-order chi connectivity index (χ1) is 11.4. The summed E-state index contributed by atoms with van der Waals surface area (Å²) in [4.78, 5) is 12.2. The predicted molar refractivity (Wildman–Crippen MR) is 96.4 cm³/mol. The van der Waals surface area contributed by atoms with Gasteiger partial charge < -0.3 is 14.9 Å². The second kappa shape index (κ2) is 10.1.